The Morgan fingerprint density at radius 1 is 1.10 bits per heavy atom. The Kier molecular flexibility index (Phi) is 6.18. The predicted molar refractivity (Wildman–Crippen MR) is 116 cm³/mol. The molecule has 3 rings (SSSR count). The SMILES string of the molecule is Cc1cc(C)c2[nH]c(=O)c(C(C)N(CCO)C(=O)Cc3ccccc3C)cc2c1. The number of amides is 1. The average molecular weight is 392 g/mol. The predicted octanol–water partition coefficient (Wildman–Crippen LogP) is 3.58. The van der Waals surface area contributed by atoms with Crippen LogP contribution in [0.4, 0.5) is 0 Å². The fraction of sp³-hybridized carbons (Fsp3) is 0.333. The van der Waals surface area contributed by atoms with Crippen LogP contribution in [0, 0.1) is 20.8 Å². The largest absolute Gasteiger partial charge is 0.395 e. The van der Waals surface area contributed by atoms with Crippen LogP contribution in [0.25, 0.3) is 10.9 Å². The molecular weight excluding hydrogens is 364 g/mol. The molecule has 2 aromatic carbocycles. The number of pyridine rings is 1. The van der Waals surface area contributed by atoms with Gasteiger partial charge in [-0.05, 0) is 61.9 Å². The molecule has 0 radical (unpaired) electrons. The maximum atomic E-state index is 13.1. The molecule has 0 saturated carbocycles. The number of benzene rings is 2. The molecular formula is C24H28N2O3. The molecule has 29 heavy (non-hydrogen) atoms. The number of aliphatic hydroxyl groups excluding tert-OH is 1. The number of aliphatic hydroxyl groups is 1. The van der Waals surface area contributed by atoms with Crippen LogP contribution >= 0.6 is 0 Å². The van der Waals surface area contributed by atoms with Crippen LogP contribution in [0.1, 0.15) is 40.8 Å². The lowest BCUT2D eigenvalue weighted by Crippen LogP contribution is -2.39. The monoisotopic (exact) mass is 392 g/mol. The molecule has 1 heterocycles. The Balaban J connectivity index is 1.97. The number of H-pyrrole nitrogens is 1. The molecule has 0 aliphatic carbocycles. The zero-order chi connectivity index (χ0) is 21.1. The van der Waals surface area contributed by atoms with Crippen molar-refractivity contribution in [3.63, 3.8) is 0 Å². The Labute approximate surface area is 171 Å². The number of carbonyl (C=O) groups excluding carboxylic acids is 1. The highest BCUT2D eigenvalue weighted by atomic mass is 16.3. The van der Waals surface area contributed by atoms with E-state index in [1.807, 2.05) is 70.2 Å². The standard InChI is InChI=1S/C24H28N2O3/c1-15-11-17(3)23-20(12-15)13-21(24(29)25-23)18(4)26(9-10-27)22(28)14-19-8-6-5-7-16(19)2/h5-8,11-13,18,27H,9-10,14H2,1-4H3,(H,25,29). The minimum Gasteiger partial charge on any atom is -0.395 e. The van der Waals surface area contributed by atoms with Crippen LogP contribution in [-0.4, -0.2) is 34.0 Å². The molecule has 3 aromatic rings. The third-order valence-electron chi connectivity index (χ3n) is 5.50. The molecule has 2 N–H and O–H groups in total. The Morgan fingerprint density at radius 3 is 2.52 bits per heavy atom. The molecule has 152 valence electrons. The molecule has 1 unspecified atom stereocenters. The topological polar surface area (TPSA) is 73.4 Å². The van der Waals surface area contributed by atoms with Crippen LogP contribution in [0.5, 0.6) is 0 Å². The molecule has 1 amide bonds. The van der Waals surface area contributed by atoms with Gasteiger partial charge in [-0.25, -0.2) is 0 Å². The molecule has 5 heteroatoms. The molecule has 0 spiro atoms. The third kappa shape index (κ3) is 4.40. The summed E-state index contributed by atoms with van der Waals surface area (Å²) in [6.45, 7) is 7.82. The first-order chi connectivity index (χ1) is 13.8. The van der Waals surface area contributed by atoms with E-state index in [0.717, 1.165) is 33.2 Å². The molecule has 0 aliphatic heterocycles. The van der Waals surface area contributed by atoms with E-state index in [0.29, 0.717) is 5.56 Å². The highest BCUT2D eigenvalue weighted by Gasteiger charge is 2.24. The van der Waals surface area contributed by atoms with E-state index in [9.17, 15) is 14.7 Å². The van der Waals surface area contributed by atoms with Gasteiger partial charge in [0.05, 0.1) is 24.6 Å². The van der Waals surface area contributed by atoms with Crippen LogP contribution in [0.3, 0.4) is 0 Å². The number of fused-ring (bicyclic) bond motifs is 1. The van der Waals surface area contributed by atoms with Crippen molar-refractivity contribution in [2.24, 2.45) is 0 Å². The van der Waals surface area contributed by atoms with Gasteiger partial charge in [-0.2, -0.15) is 0 Å². The number of aromatic nitrogens is 1. The minimum absolute atomic E-state index is 0.110. The number of hydrogen-bond acceptors (Lipinski definition) is 3. The van der Waals surface area contributed by atoms with E-state index in [1.165, 1.54) is 0 Å². The lowest BCUT2D eigenvalue weighted by Gasteiger charge is -2.29. The van der Waals surface area contributed by atoms with E-state index in [-0.39, 0.29) is 31.0 Å². The Bertz CT molecular complexity index is 1100. The molecule has 1 atom stereocenters. The number of rotatable bonds is 6. The van der Waals surface area contributed by atoms with Crippen LogP contribution in [-0.2, 0) is 11.2 Å². The Morgan fingerprint density at radius 2 is 1.83 bits per heavy atom. The second-order valence-corrected chi connectivity index (χ2v) is 7.69. The Hall–Kier alpha value is -2.92. The van der Waals surface area contributed by atoms with Crippen molar-refractivity contribution < 1.29 is 9.90 Å². The molecule has 0 aliphatic rings. The normalized spacial score (nSPS) is 12.2. The van der Waals surface area contributed by atoms with Gasteiger partial charge in [0.25, 0.3) is 5.56 Å². The van der Waals surface area contributed by atoms with E-state index in [4.69, 9.17) is 0 Å². The molecule has 1 aromatic heterocycles. The van der Waals surface area contributed by atoms with Crippen molar-refractivity contribution >= 4 is 16.8 Å². The van der Waals surface area contributed by atoms with Crippen LogP contribution < -0.4 is 5.56 Å². The van der Waals surface area contributed by atoms with Gasteiger partial charge in [-0.1, -0.05) is 35.9 Å². The fourth-order valence-corrected chi connectivity index (χ4v) is 3.90. The summed E-state index contributed by atoms with van der Waals surface area (Å²) < 4.78 is 0. The molecule has 0 bridgehead atoms. The zero-order valence-corrected chi connectivity index (χ0v) is 17.5. The summed E-state index contributed by atoms with van der Waals surface area (Å²) in [4.78, 5) is 30.4. The van der Waals surface area contributed by atoms with Crippen LogP contribution in [0.2, 0.25) is 0 Å². The first kappa shape index (κ1) is 20.8. The second kappa shape index (κ2) is 8.62. The molecule has 0 fully saturated rings. The number of nitrogens with one attached hydrogen (secondary N) is 1. The molecule has 0 saturated heterocycles. The van der Waals surface area contributed by atoms with Gasteiger partial charge >= 0.3 is 0 Å². The summed E-state index contributed by atoms with van der Waals surface area (Å²) in [7, 11) is 0. The summed E-state index contributed by atoms with van der Waals surface area (Å²) in [6.07, 6.45) is 0.237. The first-order valence-corrected chi connectivity index (χ1v) is 9.91. The van der Waals surface area contributed by atoms with E-state index in [2.05, 4.69) is 4.98 Å². The quantitative estimate of drug-likeness (QED) is 0.673. The number of aromatic amines is 1. The van der Waals surface area contributed by atoms with Crippen molar-refractivity contribution in [1.82, 2.24) is 9.88 Å². The third-order valence-corrected chi connectivity index (χ3v) is 5.50. The van der Waals surface area contributed by atoms with E-state index in [1.54, 1.807) is 4.90 Å². The fourth-order valence-electron chi connectivity index (χ4n) is 3.90. The zero-order valence-electron chi connectivity index (χ0n) is 17.5. The number of hydrogen-bond donors (Lipinski definition) is 2. The van der Waals surface area contributed by atoms with Gasteiger partial charge in [0, 0.05) is 12.1 Å². The number of nitrogens with zero attached hydrogens (tertiary/aromatic N) is 1. The van der Waals surface area contributed by atoms with E-state index < -0.39 is 6.04 Å². The first-order valence-electron chi connectivity index (χ1n) is 9.91. The van der Waals surface area contributed by atoms with Gasteiger partial charge in [0.1, 0.15) is 0 Å². The van der Waals surface area contributed by atoms with Gasteiger partial charge < -0.3 is 15.0 Å². The number of carbonyl (C=O) groups is 1. The average Bonchev–Trinajstić information content (AvgIpc) is 2.67. The summed E-state index contributed by atoms with van der Waals surface area (Å²) in [5, 5.41) is 10.5. The summed E-state index contributed by atoms with van der Waals surface area (Å²) in [5.74, 6) is -0.110. The van der Waals surface area contributed by atoms with E-state index >= 15 is 0 Å². The van der Waals surface area contributed by atoms with Gasteiger partial charge in [0.2, 0.25) is 5.91 Å². The summed E-state index contributed by atoms with van der Waals surface area (Å²) in [6, 6.07) is 13.2. The highest BCUT2D eigenvalue weighted by Crippen LogP contribution is 2.24. The van der Waals surface area contributed by atoms with Crippen molar-refractivity contribution in [3.05, 3.63) is 80.6 Å². The van der Waals surface area contributed by atoms with Gasteiger partial charge in [0.15, 0.2) is 0 Å². The maximum Gasteiger partial charge on any atom is 0.253 e. The van der Waals surface area contributed by atoms with Crippen molar-refractivity contribution in [3.8, 4) is 0 Å². The van der Waals surface area contributed by atoms with Crippen LogP contribution in [0.15, 0.2) is 47.3 Å². The maximum absolute atomic E-state index is 13.1. The van der Waals surface area contributed by atoms with Crippen molar-refractivity contribution in [1.29, 1.82) is 0 Å². The highest BCUT2D eigenvalue weighted by molar-refractivity contribution is 5.83. The van der Waals surface area contributed by atoms with Gasteiger partial charge in [-0.3, -0.25) is 9.59 Å². The van der Waals surface area contributed by atoms with Crippen molar-refractivity contribution in [2.75, 3.05) is 13.2 Å². The molecule has 5 nitrogen and oxygen atoms in total. The smallest absolute Gasteiger partial charge is 0.253 e. The minimum atomic E-state index is -0.451. The summed E-state index contributed by atoms with van der Waals surface area (Å²) >= 11 is 0. The summed E-state index contributed by atoms with van der Waals surface area (Å²) in [5.41, 5.74) is 5.26. The van der Waals surface area contributed by atoms with Crippen molar-refractivity contribution in [2.45, 2.75) is 40.2 Å². The second-order valence-electron chi connectivity index (χ2n) is 7.69. The lowest BCUT2D eigenvalue weighted by atomic mass is 10.0. The van der Waals surface area contributed by atoms with Gasteiger partial charge in [-0.15, -0.1) is 0 Å². The number of aryl methyl sites for hydroxylation is 3. The lowest BCUT2D eigenvalue weighted by molar-refractivity contribution is -0.133.